The van der Waals surface area contributed by atoms with Gasteiger partial charge >= 0.3 is 0 Å². The zero-order valence-corrected chi connectivity index (χ0v) is 17.7. The molecule has 0 saturated heterocycles. The Hall–Kier alpha value is -2.34. The van der Waals surface area contributed by atoms with Crippen LogP contribution in [0.4, 0.5) is 5.69 Å². The average molecular weight is 476 g/mol. The molecule has 0 fully saturated rings. The molecule has 4 rings (SSSR count). The van der Waals surface area contributed by atoms with Gasteiger partial charge in [-0.2, -0.15) is 0 Å². The van der Waals surface area contributed by atoms with Crippen molar-refractivity contribution in [2.75, 3.05) is 5.32 Å². The lowest BCUT2D eigenvalue weighted by Gasteiger charge is -2.07. The van der Waals surface area contributed by atoms with E-state index in [0.29, 0.717) is 38.3 Å². The van der Waals surface area contributed by atoms with Gasteiger partial charge in [0.05, 0.1) is 10.6 Å². The Morgan fingerprint density at radius 2 is 1.89 bits per heavy atom. The first-order valence-corrected chi connectivity index (χ1v) is 9.89. The van der Waals surface area contributed by atoms with E-state index < -0.39 is 0 Å². The highest BCUT2D eigenvalue weighted by Gasteiger charge is 2.14. The maximum Gasteiger partial charge on any atom is 0.257 e. The molecule has 0 aliphatic heterocycles. The Kier molecular flexibility index (Phi) is 5.15. The summed E-state index contributed by atoms with van der Waals surface area (Å²) in [5, 5.41) is 3.58. The van der Waals surface area contributed by atoms with E-state index in [2.05, 4.69) is 26.2 Å². The lowest BCUT2D eigenvalue weighted by molar-refractivity contribution is 0.102. The van der Waals surface area contributed by atoms with Crippen LogP contribution in [0.2, 0.25) is 10.0 Å². The third-order valence-electron chi connectivity index (χ3n) is 4.24. The Morgan fingerprint density at radius 3 is 2.68 bits per heavy atom. The van der Waals surface area contributed by atoms with Crippen molar-refractivity contribution in [2.45, 2.75) is 6.92 Å². The first kappa shape index (κ1) is 19.0. The van der Waals surface area contributed by atoms with E-state index in [9.17, 15) is 4.79 Å². The molecule has 3 aromatic carbocycles. The number of halogens is 3. The van der Waals surface area contributed by atoms with Crippen molar-refractivity contribution in [1.82, 2.24) is 4.98 Å². The van der Waals surface area contributed by atoms with E-state index in [1.807, 2.05) is 25.1 Å². The Balaban J connectivity index is 1.63. The number of hydrogen-bond donors (Lipinski definition) is 1. The van der Waals surface area contributed by atoms with Crippen molar-refractivity contribution in [1.29, 1.82) is 0 Å². The van der Waals surface area contributed by atoms with Gasteiger partial charge in [-0.1, -0.05) is 45.2 Å². The summed E-state index contributed by atoms with van der Waals surface area (Å²) in [6.45, 7) is 2.01. The summed E-state index contributed by atoms with van der Waals surface area (Å²) in [6.07, 6.45) is 0. The molecule has 1 N–H and O–H groups in total. The number of rotatable bonds is 3. The fourth-order valence-electron chi connectivity index (χ4n) is 2.72. The summed E-state index contributed by atoms with van der Waals surface area (Å²) in [5.74, 6) is 0.162. The molecule has 0 unspecified atom stereocenters. The molecule has 0 aliphatic rings. The minimum atomic E-state index is -0.349. The SMILES string of the molecule is Cc1ccc(-c2nc3cc(NC(=O)c4cc(Cl)ccc4Cl)ccc3o2)cc1Br. The van der Waals surface area contributed by atoms with Crippen LogP contribution in [0.25, 0.3) is 22.6 Å². The fourth-order valence-corrected chi connectivity index (χ4v) is 3.48. The third-order valence-corrected chi connectivity index (χ3v) is 5.66. The Morgan fingerprint density at radius 1 is 1.07 bits per heavy atom. The summed E-state index contributed by atoms with van der Waals surface area (Å²) in [7, 11) is 0. The van der Waals surface area contributed by atoms with E-state index in [1.165, 1.54) is 6.07 Å². The van der Waals surface area contributed by atoms with Crippen LogP contribution in [-0.4, -0.2) is 10.9 Å². The second-order valence-electron chi connectivity index (χ2n) is 6.24. The molecule has 4 nitrogen and oxygen atoms in total. The van der Waals surface area contributed by atoms with Gasteiger partial charge in [0.1, 0.15) is 5.52 Å². The number of amides is 1. The molecule has 1 aromatic heterocycles. The molecule has 4 aromatic rings. The highest BCUT2D eigenvalue weighted by molar-refractivity contribution is 9.10. The Bertz CT molecular complexity index is 1220. The van der Waals surface area contributed by atoms with Gasteiger partial charge in [-0.05, 0) is 61.0 Å². The number of aryl methyl sites for hydroxylation is 1. The van der Waals surface area contributed by atoms with Gasteiger partial charge in [0, 0.05) is 20.7 Å². The minimum Gasteiger partial charge on any atom is -0.436 e. The summed E-state index contributed by atoms with van der Waals surface area (Å²) in [4.78, 5) is 17.1. The summed E-state index contributed by atoms with van der Waals surface area (Å²) < 4.78 is 6.83. The molecule has 0 radical (unpaired) electrons. The van der Waals surface area contributed by atoms with E-state index in [0.717, 1.165) is 15.6 Å². The van der Waals surface area contributed by atoms with Gasteiger partial charge in [-0.3, -0.25) is 4.79 Å². The second-order valence-corrected chi connectivity index (χ2v) is 7.94. The van der Waals surface area contributed by atoms with Gasteiger partial charge in [0.25, 0.3) is 5.91 Å². The van der Waals surface area contributed by atoms with Gasteiger partial charge in [0.2, 0.25) is 5.89 Å². The van der Waals surface area contributed by atoms with Crippen molar-refractivity contribution < 1.29 is 9.21 Å². The molecule has 1 amide bonds. The number of benzene rings is 3. The lowest BCUT2D eigenvalue weighted by atomic mass is 10.1. The number of anilines is 1. The van der Waals surface area contributed by atoms with Gasteiger partial charge < -0.3 is 9.73 Å². The molecule has 0 spiro atoms. The topological polar surface area (TPSA) is 55.1 Å². The van der Waals surface area contributed by atoms with Crippen molar-refractivity contribution >= 4 is 61.8 Å². The normalized spacial score (nSPS) is 11.0. The number of aromatic nitrogens is 1. The second kappa shape index (κ2) is 7.59. The van der Waals surface area contributed by atoms with Crippen LogP contribution in [0.5, 0.6) is 0 Å². The molecule has 28 heavy (non-hydrogen) atoms. The molecule has 7 heteroatoms. The van der Waals surface area contributed by atoms with E-state index in [1.54, 1.807) is 30.3 Å². The van der Waals surface area contributed by atoms with Crippen molar-refractivity contribution in [3.05, 3.63) is 80.2 Å². The lowest BCUT2D eigenvalue weighted by Crippen LogP contribution is -2.12. The van der Waals surface area contributed by atoms with Crippen molar-refractivity contribution in [2.24, 2.45) is 0 Å². The first-order valence-electron chi connectivity index (χ1n) is 8.34. The largest absolute Gasteiger partial charge is 0.436 e. The van der Waals surface area contributed by atoms with E-state index >= 15 is 0 Å². The highest BCUT2D eigenvalue weighted by atomic mass is 79.9. The number of carbonyl (C=O) groups is 1. The first-order chi connectivity index (χ1) is 13.4. The maximum absolute atomic E-state index is 12.5. The smallest absolute Gasteiger partial charge is 0.257 e. The maximum atomic E-state index is 12.5. The zero-order chi connectivity index (χ0) is 19.8. The quantitative estimate of drug-likeness (QED) is 0.343. The van der Waals surface area contributed by atoms with Crippen LogP contribution in [0, 0.1) is 6.92 Å². The molecule has 1 heterocycles. The average Bonchev–Trinajstić information content (AvgIpc) is 3.09. The van der Waals surface area contributed by atoms with Crippen LogP contribution >= 0.6 is 39.1 Å². The van der Waals surface area contributed by atoms with Crippen LogP contribution < -0.4 is 5.32 Å². The van der Waals surface area contributed by atoms with Crippen LogP contribution in [0.3, 0.4) is 0 Å². The predicted molar refractivity (Wildman–Crippen MR) is 116 cm³/mol. The summed E-state index contributed by atoms with van der Waals surface area (Å²) >= 11 is 15.6. The molecule has 0 aliphatic carbocycles. The third kappa shape index (κ3) is 3.78. The molecular formula is C21H13BrCl2N2O2. The van der Waals surface area contributed by atoms with Crippen LogP contribution in [-0.2, 0) is 0 Å². The Labute approximate surface area is 179 Å². The van der Waals surface area contributed by atoms with E-state index in [4.69, 9.17) is 27.6 Å². The van der Waals surface area contributed by atoms with Gasteiger partial charge in [-0.15, -0.1) is 0 Å². The predicted octanol–water partition coefficient (Wildman–Crippen LogP) is 7.12. The number of fused-ring (bicyclic) bond motifs is 1. The number of hydrogen-bond acceptors (Lipinski definition) is 3. The number of oxazole rings is 1. The molecule has 0 atom stereocenters. The highest BCUT2D eigenvalue weighted by Crippen LogP contribution is 2.29. The zero-order valence-electron chi connectivity index (χ0n) is 14.6. The standard InChI is InChI=1S/C21H13BrCl2N2O2/c1-11-2-3-12(8-16(11)22)21-26-18-10-14(5-7-19(18)28-21)25-20(27)15-9-13(23)4-6-17(15)24/h2-10H,1H3,(H,25,27). The minimum absolute atomic E-state index is 0.305. The van der Waals surface area contributed by atoms with Crippen LogP contribution in [0.1, 0.15) is 15.9 Å². The summed E-state index contributed by atoms with van der Waals surface area (Å²) in [6, 6.07) is 15.9. The molecular weight excluding hydrogens is 463 g/mol. The molecule has 140 valence electrons. The summed E-state index contributed by atoms with van der Waals surface area (Å²) in [5.41, 5.74) is 4.15. The van der Waals surface area contributed by atoms with Crippen LogP contribution in [0.15, 0.2) is 63.5 Å². The molecule has 0 bridgehead atoms. The fraction of sp³-hybridized carbons (Fsp3) is 0.0476. The van der Waals surface area contributed by atoms with Gasteiger partial charge in [0.15, 0.2) is 5.58 Å². The number of nitrogens with zero attached hydrogens (tertiary/aromatic N) is 1. The van der Waals surface area contributed by atoms with E-state index in [-0.39, 0.29) is 5.91 Å². The number of nitrogens with one attached hydrogen (secondary N) is 1. The molecule has 0 saturated carbocycles. The monoisotopic (exact) mass is 474 g/mol. The van der Waals surface area contributed by atoms with Crippen molar-refractivity contribution in [3.63, 3.8) is 0 Å². The van der Waals surface area contributed by atoms with Crippen molar-refractivity contribution in [3.8, 4) is 11.5 Å². The van der Waals surface area contributed by atoms with Gasteiger partial charge in [-0.25, -0.2) is 4.98 Å². The number of carbonyl (C=O) groups excluding carboxylic acids is 1.